The van der Waals surface area contributed by atoms with Crippen molar-refractivity contribution in [1.29, 1.82) is 0 Å². The highest BCUT2D eigenvalue weighted by Gasteiger charge is 2.11. The Hall–Kier alpha value is -1.12. The molecule has 1 aromatic carbocycles. The van der Waals surface area contributed by atoms with Crippen molar-refractivity contribution in [2.24, 2.45) is 0 Å². The van der Waals surface area contributed by atoms with Crippen molar-refractivity contribution in [3.63, 3.8) is 0 Å². The third kappa shape index (κ3) is 5.29. The topological polar surface area (TPSA) is 15.3 Å². The van der Waals surface area contributed by atoms with E-state index in [2.05, 4.69) is 68.3 Å². The number of nitrogens with one attached hydrogen (secondary N) is 1. The summed E-state index contributed by atoms with van der Waals surface area (Å²) in [4.78, 5) is 2.54. The smallest absolute Gasteiger partial charge is 0.0237 e. The average Bonchev–Trinajstić information content (AvgIpc) is 2.45. The van der Waals surface area contributed by atoms with Crippen molar-refractivity contribution >= 4 is 0 Å². The van der Waals surface area contributed by atoms with Gasteiger partial charge >= 0.3 is 0 Å². The molecule has 1 aromatic rings. The molecule has 1 heterocycles. The molecule has 1 atom stereocenters. The number of hydrogen-bond acceptors (Lipinski definition) is 2. The highest BCUT2D eigenvalue weighted by Crippen LogP contribution is 2.18. The van der Waals surface area contributed by atoms with Crippen LogP contribution in [0.25, 0.3) is 0 Å². The van der Waals surface area contributed by atoms with Crippen LogP contribution in [0.5, 0.6) is 0 Å². The summed E-state index contributed by atoms with van der Waals surface area (Å²) in [5.74, 6) is 0.571. The van der Waals surface area contributed by atoms with E-state index in [-0.39, 0.29) is 0 Å². The molecule has 2 rings (SSSR count). The summed E-state index contributed by atoms with van der Waals surface area (Å²) in [6, 6.07) is 9.76. The van der Waals surface area contributed by atoms with Gasteiger partial charge in [-0.3, -0.25) is 4.90 Å². The summed E-state index contributed by atoms with van der Waals surface area (Å²) in [7, 11) is 0. The van der Waals surface area contributed by atoms with Gasteiger partial charge in [-0.25, -0.2) is 0 Å². The lowest BCUT2D eigenvalue weighted by Gasteiger charge is -2.26. The fourth-order valence-corrected chi connectivity index (χ4v) is 2.86. The monoisotopic (exact) mass is 286 g/mol. The summed E-state index contributed by atoms with van der Waals surface area (Å²) in [6.07, 6.45) is 3.56. The van der Waals surface area contributed by atoms with E-state index in [0.717, 1.165) is 19.6 Å². The first-order valence-corrected chi connectivity index (χ1v) is 8.25. The van der Waals surface area contributed by atoms with Crippen molar-refractivity contribution in [2.45, 2.75) is 52.6 Å². The Balaban J connectivity index is 1.88. The minimum atomic E-state index is 0.558. The quantitative estimate of drug-likeness (QED) is 0.797. The highest BCUT2D eigenvalue weighted by molar-refractivity contribution is 5.25. The Labute approximate surface area is 130 Å². The molecular formula is C19H30N2. The molecule has 0 saturated heterocycles. The third-order valence-corrected chi connectivity index (χ3v) is 4.20. The van der Waals surface area contributed by atoms with Gasteiger partial charge in [-0.1, -0.05) is 56.7 Å². The molecule has 0 bridgehead atoms. The lowest BCUT2D eigenvalue weighted by molar-refractivity contribution is 0.282. The van der Waals surface area contributed by atoms with E-state index >= 15 is 0 Å². The van der Waals surface area contributed by atoms with Gasteiger partial charge in [0.15, 0.2) is 0 Å². The molecule has 0 spiro atoms. The maximum atomic E-state index is 3.51. The van der Waals surface area contributed by atoms with Gasteiger partial charge in [0.05, 0.1) is 0 Å². The van der Waals surface area contributed by atoms with Gasteiger partial charge in [-0.15, -0.1) is 0 Å². The summed E-state index contributed by atoms with van der Waals surface area (Å²) in [5, 5.41) is 3.51. The maximum absolute atomic E-state index is 3.51. The van der Waals surface area contributed by atoms with E-state index in [9.17, 15) is 0 Å². The Morgan fingerprint density at radius 2 is 1.86 bits per heavy atom. The van der Waals surface area contributed by atoms with Gasteiger partial charge in [0.1, 0.15) is 0 Å². The molecule has 0 saturated carbocycles. The van der Waals surface area contributed by atoms with Crippen LogP contribution in [0.3, 0.4) is 0 Å². The first-order valence-electron chi connectivity index (χ1n) is 8.25. The summed E-state index contributed by atoms with van der Waals surface area (Å²) in [6.45, 7) is 13.4. The van der Waals surface area contributed by atoms with Crippen LogP contribution in [0.2, 0.25) is 0 Å². The minimum absolute atomic E-state index is 0.558. The molecule has 2 nitrogen and oxygen atoms in total. The molecule has 0 amide bonds. The van der Waals surface area contributed by atoms with Crippen LogP contribution in [-0.4, -0.2) is 30.6 Å². The fraction of sp³-hybridized carbons (Fsp3) is 0.579. The summed E-state index contributed by atoms with van der Waals surface area (Å²) >= 11 is 0. The highest BCUT2D eigenvalue weighted by atomic mass is 15.1. The third-order valence-electron chi connectivity index (χ3n) is 4.20. The molecule has 0 aromatic heterocycles. The van der Waals surface area contributed by atoms with Crippen LogP contribution in [0.15, 0.2) is 35.9 Å². The molecule has 1 aliphatic rings. The van der Waals surface area contributed by atoms with Crippen molar-refractivity contribution in [2.75, 3.05) is 19.6 Å². The van der Waals surface area contributed by atoms with E-state index in [1.165, 1.54) is 29.7 Å². The zero-order valence-electron chi connectivity index (χ0n) is 14.0. The van der Waals surface area contributed by atoms with E-state index in [4.69, 9.17) is 0 Å². The second kappa shape index (κ2) is 7.77. The predicted molar refractivity (Wildman–Crippen MR) is 91.6 cm³/mol. The lowest BCUT2D eigenvalue weighted by atomic mass is 9.99. The SMILES string of the molecule is CC1=CCCN(Cc2ccc(C(C)CNC(C)C)cc2)C1. The van der Waals surface area contributed by atoms with E-state index < -0.39 is 0 Å². The van der Waals surface area contributed by atoms with Crippen molar-refractivity contribution in [1.82, 2.24) is 10.2 Å². The normalized spacial score (nSPS) is 17.9. The molecule has 0 radical (unpaired) electrons. The molecular weight excluding hydrogens is 256 g/mol. The Morgan fingerprint density at radius 1 is 1.14 bits per heavy atom. The molecule has 2 heteroatoms. The fourth-order valence-electron chi connectivity index (χ4n) is 2.86. The number of hydrogen-bond donors (Lipinski definition) is 1. The average molecular weight is 286 g/mol. The van der Waals surface area contributed by atoms with Crippen LogP contribution in [-0.2, 0) is 6.54 Å². The van der Waals surface area contributed by atoms with Crippen LogP contribution in [0.4, 0.5) is 0 Å². The first-order chi connectivity index (χ1) is 10.0. The van der Waals surface area contributed by atoms with Crippen LogP contribution < -0.4 is 5.32 Å². The predicted octanol–water partition coefficient (Wildman–Crippen LogP) is 3.94. The lowest BCUT2D eigenvalue weighted by Crippen LogP contribution is -2.28. The van der Waals surface area contributed by atoms with Crippen molar-refractivity contribution < 1.29 is 0 Å². The summed E-state index contributed by atoms with van der Waals surface area (Å²) < 4.78 is 0. The van der Waals surface area contributed by atoms with Gasteiger partial charge in [0.25, 0.3) is 0 Å². The van der Waals surface area contributed by atoms with Crippen molar-refractivity contribution in [3.05, 3.63) is 47.0 Å². The van der Waals surface area contributed by atoms with Gasteiger partial charge in [-0.2, -0.15) is 0 Å². The van der Waals surface area contributed by atoms with E-state index in [1.807, 2.05) is 0 Å². The van der Waals surface area contributed by atoms with E-state index in [1.54, 1.807) is 0 Å². The van der Waals surface area contributed by atoms with Crippen LogP contribution in [0.1, 0.15) is 51.2 Å². The van der Waals surface area contributed by atoms with E-state index in [0.29, 0.717) is 12.0 Å². The minimum Gasteiger partial charge on any atom is -0.314 e. The molecule has 1 unspecified atom stereocenters. The number of rotatable bonds is 6. The molecule has 116 valence electrons. The second-order valence-corrected chi connectivity index (χ2v) is 6.76. The maximum Gasteiger partial charge on any atom is 0.0237 e. The molecule has 0 fully saturated rings. The molecule has 21 heavy (non-hydrogen) atoms. The van der Waals surface area contributed by atoms with Crippen molar-refractivity contribution in [3.8, 4) is 0 Å². The summed E-state index contributed by atoms with van der Waals surface area (Å²) in [5.41, 5.74) is 4.37. The van der Waals surface area contributed by atoms with Crippen LogP contribution in [0, 0.1) is 0 Å². The Morgan fingerprint density at radius 3 is 2.48 bits per heavy atom. The Bertz CT molecular complexity index is 459. The zero-order chi connectivity index (χ0) is 15.2. The molecule has 1 N–H and O–H groups in total. The van der Waals surface area contributed by atoms with Gasteiger partial charge in [-0.05, 0) is 30.4 Å². The van der Waals surface area contributed by atoms with Crippen LogP contribution >= 0.6 is 0 Å². The first kappa shape index (κ1) is 16.3. The number of nitrogens with zero attached hydrogens (tertiary/aromatic N) is 1. The number of benzene rings is 1. The van der Waals surface area contributed by atoms with Gasteiger partial charge in [0, 0.05) is 32.2 Å². The standard InChI is InChI=1S/C19H30N2/c1-15(2)20-12-17(4)19-9-7-18(8-10-19)14-21-11-5-6-16(3)13-21/h6-10,15,17,20H,5,11-14H2,1-4H3. The molecule has 0 aliphatic carbocycles. The largest absolute Gasteiger partial charge is 0.314 e. The zero-order valence-corrected chi connectivity index (χ0v) is 14.0. The van der Waals surface area contributed by atoms with Gasteiger partial charge < -0.3 is 5.32 Å². The molecule has 1 aliphatic heterocycles. The second-order valence-electron chi connectivity index (χ2n) is 6.76. The van der Waals surface area contributed by atoms with Gasteiger partial charge in [0.2, 0.25) is 0 Å². The Kier molecular flexibility index (Phi) is 6.01.